The number of aliphatic imine (C=N–C) groups is 1. The molecule has 3 aromatic rings. The molecule has 8 heteroatoms. The van der Waals surface area contributed by atoms with Gasteiger partial charge < -0.3 is 15.1 Å². The Hall–Kier alpha value is -3.65. The molecule has 6 nitrogen and oxygen atoms in total. The van der Waals surface area contributed by atoms with Crippen molar-refractivity contribution in [2.24, 2.45) is 4.99 Å². The number of hydrogen-bond acceptors (Lipinski definition) is 6. The molecule has 1 fully saturated rings. The summed E-state index contributed by atoms with van der Waals surface area (Å²) < 4.78 is 0. The van der Waals surface area contributed by atoms with Crippen LogP contribution in [0.25, 0.3) is 16.0 Å². The Balaban J connectivity index is 1.36. The Labute approximate surface area is 245 Å². The van der Waals surface area contributed by atoms with E-state index in [0.717, 1.165) is 47.9 Å². The molecule has 5 rings (SSSR count). The Morgan fingerprint density at radius 3 is 2.50 bits per heavy atom. The van der Waals surface area contributed by atoms with E-state index in [9.17, 15) is 4.79 Å². The summed E-state index contributed by atoms with van der Waals surface area (Å²) in [4.78, 5) is 26.0. The molecule has 0 aliphatic carbocycles. The fraction of sp³-hybridized carbons (Fsp3) is 0.250. The molecule has 1 N–H and O–H groups in total. The van der Waals surface area contributed by atoms with Crippen molar-refractivity contribution >= 4 is 51.6 Å². The Kier molecular flexibility index (Phi) is 8.54. The van der Waals surface area contributed by atoms with Crippen molar-refractivity contribution in [3.63, 3.8) is 0 Å². The van der Waals surface area contributed by atoms with Crippen LogP contribution in [0.2, 0.25) is 5.02 Å². The van der Waals surface area contributed by atoms with Crippen molar-refractivity contribution in [1.29, 1.82) is 0 Å². The van der Waals surface area contributed by atoms with Gasteiger partial charge >= 0.3 is 0 Å². The summed E-state index contributed by atoms with van der Waals surface area (Å²) in [5.41, 5.74) is 5.24. The number of nitrogens with one attached hydrogen (secondary N) is 1. The number of piperazine rings is 1. The summed E-state index contributed by atoms with van der Waals surface area (Å²) in [5, 5.41) is 5.87. The van der Waals surface area contributed by atoms with Crippen LogP contribution in [0.3, 0.4) is 0 Å². The minimum Gasteiger partial charge on any atom is -0.369 e. The molecule has 2 aliphatic heterocycles. The summed E-state index contributed by atoms with van der Waals surface area (Å²) in [5.74, 6) is 0.890. The average Bonchev–Trinajstić information content (AvgIpc) is 3.50. The van der Waals surface area contributed by atoms with Crippen molar-refractivity contribution < 1.29 is 4.79 Å². The molecule has 206 valence electrons. The minimum absolute atomic E-state index is 0.137. The second-order valence-corrected chi connectivity index (χ2v) is 11.2. The number of hydrogen-bond donors (Lipinski definition) is 1. The zero-order valence-electron chi connectivity index (χ0n) is 23.2. The highest BCUT2D eigenvalue weighted by Crippen LogP contribution is 2.35. The van der Waals surface area contributed by atoms with E-state index in [1.165, 1.54) is 5.69 Å². The number of amides is 1. The highest BCUT2D eigenvalue weighted by atomic mass is 35.5. The highest BCUT2D eigenvalue weighted by molar-refractivity contribution is 7.13. The van der Waals surface area contributed by atoms with Crippen LogP contribution in [0.1, 0.15) is 19.4 Å². The van der Waals surface area contributed by atoms with E-state index in [4.69, 9.17) is 16.6 Å². The zero-order chi connectivity index (χ0) is 28.2. The maximum atomic E-state index is 13.7. The third kappa shape index (κ3) is 5.92. The lowest BCUT2D eigenvalue weighted by molar-refractivity contribution is -0.121. The topological polar surface area (TPSA) is 51.2 Å². The molecule has 0 saturated carbocycles. The Morgan fingerprint density at radius 2 is 1.88 bits per heavy atom. The first-order valence-corrected chi connectivity index (χ1v) is 14.8. The average molecular weight is 572 g/mol. The van der Waals surface area contributed by atoms with Crippen LogP contribution in [0.4, 0.5) is 11.4 Å². The summed E-state index contributed by atoms with van der Waals surface area (Å²) in [6.45, 7) is 12.7. The van der Waals surface area contributed by atoms with Gasteiger partial charge in [-0.15, -0.1) is 11.3 Å². The summed E-state index contributed by atoms with van der Waals surface area (Å²) >= 11 is 8.38. The van der Waals surface area contributed by atoms with Gasteiger partial charge in [0.2, 0.25) is 0 Å². The van der Waals surface area contributed by atoms with Crippen molar-refractivity contribution in [3.8, 4) is 10.4 Å². The first-order chi connectivity index (χ1) is 19.4. The van der Waals surface area contributed by atoms with Gasteiger partial charge in [-0.3, -0.25) is 9.69 Å². The van der Waals surface area contributed by atoms with Gasteiger partial charge in [0.05, 0.1) is 0 Å². The lowest BCUT2D eigenvalue weighted by atomic mass is 9.95. The second kappa shape index (κ2) is 12.3. The van der Waals surface area contributed by atoms with Gasteiger partial charge in [-0.2, -0.15) is 0 Å². The lowest BCUT2D eigenvalue weighted by Gasteiger charge is -2.34. The number of carbonyl (C=O) groups is 1. The van der Waals surface area contributed by atoms with Crippen molar-refractivity contribution in [1.82, 2.24) is 9.80 Å². The fourth-order valence-corrected chi connectivity index (χ4v) is 5.98. The smallest absolute Gasteiger partial charge is 0.260 e. The van der Waals surface area contributed by atoms with E-state index in [1.54, 1.807) is 16.2 Å². The lowest BCUT2D eigenvalue weighted by Crippen LogP contribution is -2.44. The highest BCUT2D eigenvalue weighted by Gasteiger charge is 2.31. The van der Waals surface area contributed by atoms with Gasteiger partial charge in [-0.05, 0) is 74.3 Å². The van der Waals surface area contributed by atoms with Gasteiger partial charge in [0.15, 0.2) is 0 Å². The molecular formula is C32H34ClN5OS. The molecule has 0 spiro atoms. The molecule has 0 atom stereocenters. The maximum Gasteiger partial charge on any atom is 0.260 e. The van der Waals surface area contributed by atoms with Gasteiger partial charge in [0.1, 0.15) is 11.7 Å². The van der Waals surface area contributed by atoms with E-state index in [-0.39, 0.29) is 5.91 Å². The standard InChI is InChI=1S/C32H34ClN5OS/c1-5-23-20-28(27-14-9-24(21-29(27)33)30-8-7-19-40-30)32(39)38(6-2)31(23)35-22(3)34-25-10-12-26(13-11-25)37-17-15-36(4)16-18-37/h5,7-14,19-21,34H,3,6,15-18H2,1-2,4H3/b23-5-,35-31+. The predicted molar refractivity (Wildman–Crippen MR) is 170 cm³/mol. The second-order valence-electron chi connectivity index (χ2n) is 9.87. The number of allylic oxidation sites excluding steroid dienone is 1. The first kappa shape index (κ1) is 27.9. The molecule has 40 heavy (non-hydrogen) atoms. The molecule has 1 aromatic heterocycles. The molecule has 3 heterocycles. The van der Waals surface area contributed by atoms with Crippen molar-refractivity contribution in [3.05, 3.63) is 101 Å². The number of thiophene rings is 1. The Bertz CT molecular complexity index is 1480. The van der Waals surface area contributed by atoms with Gasteiger partial charge in [-0.1, -0.05) is 42.5 Å². The number of likely N-dealkylation sites (N-methyl/N-ethyl adjacent to an activating group) is 2. The summed E-state index contributed by atoms with van der Waals surface area (Å²) in [7, 11) is 2.16. The van der Waals surface area contributed by atoms with E-state index < -0.39 is 0 Å². The number of halogens is 1. The van der Waals surface area contributed by atoms with Crippen LogP contribution in [0, 0.1) is 0 Å². The quantitative estimate of drug-likeness (QED) is 0.332. The number of benzene rings is 2. The SMILES string of the molecule is C=C(/N=C1\C(=C/C)C=C(c2ccc(-c3cccs3)cc2Cl)C(=O)N1CC)Nc1ccc(N2CCN(C)CC2)cc1. The predicted octanol–water partition coefficient (Wildman–Crippen LogP) is 6.99. The van der Waals surface area contributed by atoms with Crippen LogP contribution >= 0.6 is 22.9 Å². The number of anilines is 2. The van der Waals surface area contributed by atoms with Crippen LogP contribution in [-0.2, 0) is 4.79 Å². The van der Waals surface area contributed by atoms with Crippen LogP contribution in [-0.4, -0.2) is 61.3 Å². The fourth-order valence-electron chi connectivity index (χ4n) is 4.98. The number of amidine groups is 1. The van der Waals surface area contributed by atoms with Crippen molar-refractivity contribution in [2.75, 3.05) is 50.0 Å². The summed E-state index contributed by atoms with van der Waals surface area (Å²) in [6.07, 6.45) is 3.83. The Morgan fingerprint density at radius 1 is 1.12 bits per heavy atom. The van der Waals surface area contributed by atoms with Crippen LogP contribution < -0.4 is 10.2 Å². The van der Waals surface area contributed by atoms with E-state index >= 15 is 0 Å². The monoisotopic (exact) mass is 571 g/mol. The van der Waals surface area contributed by atoms with Gasteiger partial charge in [0.25, 0.3) is 5.91 Å². The van der Waals surface area contributed by atoms with E-state index in [1.807, 2.05) is 67.8 Å². The summed E-state index contributed by atoms with van der Waals surface area (Å²) in [6, 6.07) is 18.3. The van der Waals surface area contributed by atoms with Gasteiger partial charge in [0, 0.05) is 70.7 Å². The molecule has 1 saturated heterocycles. The van der Waals surface area contributed by atoms with Gasteiger partial charge in [-0.25, -0.2) is 4.99 Å². The van der Waals surface area contributed by atoms with Crippen molar-refractivity contribution in [2.45, 2.75) is 13.8 Å². The first-order valence-electron chi connectivity index (χ1n) is 13.5. The number of carbonyl (C=O) groups excluding carboxylic acids is 1. The molecule has 0 unspecified atom stereocenters. The van der Waals surface area contributed by atoms with E-state index in [0.29, 0.717) is 34.4 Å². The number of nitrogens with zero attached hydrogens (tertiary/aromatic N) is 4. The molecule has 2 aromatic carbocycles. The third-order valence-electron chi connectivity index (χ3n) is 7.25. The molecule has 2 aliphatic rings. The molecular weight excluding hydrogens is 538 g/mol. The molecule has 0 radical (unpaired) electrons. The zero-order valence-corrected chi connectivity index (χ0v) is 24.7. The van der Waals surface area contributed by atoms with E-state index in [2.05, 4.69) is 46.9 Å². The normalized spacial score (nSPS) is 18.4. The largest absolute Gasteiger partial charge is 0.369 e. The molecule has 0 bridgehead atoms. The third-order valence-corrected chi connectivity index (χ3v) is 8.48. The minimum atomic E-state index is -0.137. The molecule has 1 amide bonds. The van der Waals surface area contributed by atoms with Crippen LogP contribution in [0.5, 0.6) is 0 Å². The van der Waals surface area contributed by atoms with Crippen LogP contribution in [0.15, 0.2) is 95.1 Å². The number of rotatable bonds is 7. The maximum absolute atomic E-state index is 13.7.